The number of fused-ring (bicyclic) bond motifs is 1. The molecule has 0 atom stereocenters. The van der Waals surface area contributed by atoms with Gasteiger partial charge < -0.3 is 10.1 Å². The molecule has 1 N–H and O–H groups in total. The Hall–Kier alpha value is -3.93. The number of anilines is 1. The Balaban J connectivity index is 1.30. The molecule has 34 heavy (non-hydrogen) atoms. The lowest BCUT2D eigenvalue weighted by Crippen LogP contribution is -2.32. The number of benzene rings is 3. The molecule has 0 spiro atoms. The summed E-state index contributed by atoms with van der Waals surface area (Å²) in [6.45, 7) is 6.64. The van der Waals surface area contributed by atoms with Crippen LogP contribution in [0.1, 0.15) is 59.9 Å². The quantitative estimate of drug-likeness (QED) is 0.435. The highest BCUT2D eigenvalue weighted by atomic mass is 16.5. The van der Waals surface area contributed by atoms with Crippen LogP contribution in [0.15, 0.2) is 72.8 Å². The van der Waals surface area contributed by atoms with Gasteiger partial charge in [-0.25, -0.2) is 0 Å². The van der Waals surface area contributed by atoms with E-state index in [4.69, 9.17) is 4.74 Å². The third-order valence-corrected chi connectivity index (χ3v) is 6.33. The summed E-state index contributed by atoms with van der Waals surface area (Å²) in [5.74, 6) is 0.404. The average molecular weight is 457 g/mol. The highest BCUT2D eigenvalue weighted by Crippen LogP contribution is 2.30. The molecule has 0 radical (unpaired) electrons. The lowest BCUT2D eigenvalue weighted by atomic mass is 9.82. The molecule has 4 rings (SSSR count). The molecule has 0 bridgehead atoms. The van der Waals surface area contributed by atoms with Crippen molar-refractivity contribution in [2.45, 2.75) is 39.0 Å². The first-order chi connectivity index (χ1) is 16.3. The molecule has 0 aliphatic carbocycles. The first-order valence-corrected chi connectivity index (χ1v) is 11.4. The number of amides is 3. The second-order valence-electron chi connectivity index (χ2n) is 8.99. The van der Waals surface area contributed by atoms with Crippen LogP contribution in [0.3, 0.4) is 0 Å². The maximum Gasteiger partial charge on any atom is 0.261 e. The molecular weight excluding hydrogens is 428 g/mol. The summed E-state index contributed by atoms with van der Waals surface area (Å²) in [5, 5.41) is 2.79. The molecule has 3 amide bonds. The van der Waals surface area contributed by atoms with Crippen LogP contribution in [-0.2, 0) is 10.2 Å². The van der Waals surface area contributed by atoms with E-state index in [0.29, 0.717) is 22.6 Å². The Morgan fingerprint density at radius 2 is 1.38 bits per heavy atom. The van der Waals surface area contributed by atoms with Crippen molar-refractivity contribution in [2.75, 3.05) is 11.9 Å². The van der Waals surface area contributed by atoms with Crippen LogP contribution in [0.5, 0.6) is 11.5 Å². The maximum atomic E-state index is 12.4. The number of rotatable bonds is 8. The summed E-state index contributed by atoms with van der Waals surface area (Å²) in [7, 11) is 0. The fourth-order valence-electron chi connectivity index (χ4n) is 3.80. The van der Waals surface area contributed by atoms with Gasteiger partial charge >= 0.3 is 0 Å². The summed E-state index contributed by atoms with van der Waals surface area (Å²) in [4.78, 5) is 38.3. The van der Waals surface area contributed by atoms with Crippen molar-refractivity contribution in [1.29, 1.82) is 0 Å². The fraction of sp³-hybridized carbons (Fsp3) is 0.250. The van der Waals surface area contributed by atoms with Crippen LogP contribution >= 0.6 is 0 Å². The van der Waals surface area contributed by atoms with Crippen LogP contribution in [0, 0.1) is 0 Å². The summed E-state index contributed by atoms with van der Waals surface area (Å²) in [6.07, 6.45) is 1.07. The van der Waals surface area contributed by atoms with Gasteiger partial charge in [0.25, 0.3) is 11.8 Å². The lowest BCUT2D eigenvalue weighted by molar-refractivity contribution is -0.116. The van der Waals surface area contributed by atoms with Gasteiger partial charge in [-0.2, -0.15) is 0 Å². The largest absolute Gasteiger partial charge is 0.457 e. The van der Waals surface area contributed by atoms with E-state index in [1.165, 1.54) is 5.56 Å². The maximum absolute atomic E-state index is 12.4. The van der Waals surface area contributed by atoms with E-state index in [0.717, 1.165) is 17.1 Å². The Morgan fingerprint density at radius 3 is 1.91 bits per heavy atom. The fourth-order valence-corrected chi connectivity index (χ4v) is 3.80. The molecule has 3 aromatic carbocycles. The lowest BCUT2D eigenvalue weighted by Gasteiger charge is -2.23. The predicted molar refractivity (Wildman–Crippen MR) is 131 cm³/mol. The smallest absolute Gasteiger partial charge is 0.261 e. The van der Waals surface area contributed by atoms with Crippen LogP contribution in [0.4, 0.5) is 5.69 Å². The van der Waals surface area contributed by atoms with Crippen LogP contribution in [0.2, 0.25) is 0 Å². The molecule has 3 aromatic rings. The molecule has 0 aromatic heterocycles. The van der Waals surface area contributed by atoms with Gasteiger partial charge in [0.2, 0.25) is 5.91 Å². The minimum Gasteiger partial charge on any atom is -0.457 e. The van der Waals surface area contributed by atoms with Crippen LogP contribution in [0.25, 0.3) is 0 Å². The van der Waals surface area contributed by atoms with E-state index < -0.39 is 0 Å². The highest BCUT2D eigenvalue weighted by molar-refractivity contribution is 6.21. The van der Waals surface area contributed by atoms with Gasteiger partial charge in [0.1, 0.15) is 11.5 Å². The standard InChI is InChI=1S/C28H28N2O4/c1-4-28(2,3)19-9-13-21(14-10-19)34-22-15-11-20(12-16-22)29-25(31)17-18-30-26(32)23-7-5-6-8-24(23)27(30)33/h5-16H,4,17-18H2,1-3H3,(H,29,31). The second kappa shape index (κ2) is 9.51. The van der Waals surface area contributed by atoms with Crippen molar-refractivity contribution in [3.63, 3.8) is 0 Å². The number of hydrogen-bond acceptors (Lipinski definition) is 4. The minimum atomic E-state index is -0.360. The van der Waals surface area contributed by atoms with Crippen molar-refractivity contribution in [1.82, 2.24) is 4.90 Å². The van der Waals surface area contributed by atoms with E-state index in [2.05, 4.69) is 38.2 Å². The summed E-state index contributed by atoms with van der Waals surface area (Å²) in [5.41, 5.74) is 2.76. The zero-order chi connectivity index (χ0) is 24.3. The minimum absolute atomic E-state index is 0.0180. The zero-order valence-electron chi connectivity index (χ0n) is 19.6. The highest BCUT2D eigenvalue weighted by Gasteiger charge is 2.34. The normalized spacial score (nSPS) is 13.1. The number of hydrogen-bond donors (Lipinski definition) is 1. The molecule has 1 aliphatic rings. The third-order valence-electron chi connectivity index (χ3n) is 6.33. The number of carbonyl (C=O) groups excluding carboxylic acids is 3. The van der Waals surface area contributed by atoms with Crippen molar-refractivity contribution in [3.05, 3.63) is 89.5 Å². The Morgan fingerprint density at radius 1 is 0.853 bits per heavy atom. The Labute approximate surface area is 199 Å². The van der Waals surface area contributed by atoms with Gasteiger partial charge in [0.15, 0.2) is 0 Å². The zero-order valence-corrected chi connectivity index (χ0v) is 19.6. The number of imide groups is 1. The molecule has 174 valence electrons. The van der Waals surface area contributed by atoms with Gasteiger partial charge in [0, 0.05) is 18.7 Å². The topological polar surface area (TPSA) is 75.7 Å². The van der Waals surface area contributed by atoms with Crippen molar-refractivity contribution < 1.29 is 19.1 Å². The van der Waals surface area contributed by atoms with E-state index in [9.17, 15) is 14.4 Å². The van der Waals surface area contributed by atoms with Gasteiger partial charge in [-0.3, -0.25) is 19.3 Å². The first-order valence-electron chi connectivity index (χ1n) is 11.4. The summed E-state index contributed by atoms with van der Waals surface area (Å²) in [6, 6.07) is 21.8. The summed E-state index contributed by atoms with van der Waals surface area (Å²) >= 11 is 0. The SMILES string of the molecule is CCC(C)(C)c1ccc(Oc2ccc(NC(=O)CCN3C(=O)c4ccccc4C3=O)cc2)cc1. The monoisotopic (exact) mass is 456 g/mol. The third kappa shape index (κ3) is 4.86. The van der Waals surface area contributed by atoms with Gasteiger partial charge in [-0.05, 0) is 65.9 Å². The molecule has 0 unspecified atom stereocenters. The molecule has 1 aliphatic heterocycles. The van der Waals surface area contributed by atoms with E-state index in [1.54, 1.807) is 48.5 Å². The van der Waals surface area contributed by atoms with Crippen molar-refractivity contribution >= 4 is 23.4 Å². The van der Waals surface area contributed by atoms with Crippen molar-refractivity contribution in [2.24, 2.45) is 0 Å². The molecule has 1 heterocycles. The van der Waals surface area contributed by atoms with Crippen LogP contribution in [-0.4, -0.2) is 29.2 Å². The molecular formula is C28H28N2O4. The molecule has 6 nitrogen and oxygen atoms in total. The number of nitrogens with one attached hydrogen (secondary N) is 1. The Bertz CT molecular complexity index is 1180. The second-order valence-corrected chi connectivity index (χ2v) is 8.99. The molecule has 0 saturated heterocycles. The Kier molecular flexibility index (Phi) is 6.50. The molecule has 0 saturated carbocycles. The first kappa shape index (κ1) is 23.2. The number of carbonyl (C=O) groups is 3. The summed E-state index contributed by atoms with van der Waals surface area (Å²) < 4.78 is 5.91. The number of nitrogens with zero attached hydrogens (tertiary/aromatic N) is 1. The van der Waals surface area contributed by atoms with Gasteiger partial charge in [-0.1, -0.05) is 45.0 Å². The van der Waals surface area contributed by atoms with Crippen molar-refractivity contribution in [3.8, 4) is 11.5 Å². The molecule has 0 fully saturated rings. The number of ether oxygens (including phenoxy) is 1. The predicted octanol–water partition coefficient (Wildman–Crippen LogP) is 5.79. The van der Waals surface area contributed by atoms with Gasteiger partial charge in [0.05, 0.1) is 11.1 Å². The molecule has 6 heteroatoms. The average Bonchev–Trinajstić information content (AvgIpc) is 3.09. The van der Waals surface area contributed by atoms with Gasteiger partial charge in [-0.15, -0.1) is 0 Å². The van der Waals surface area contributed by atoms with E-state index in [1.807, 2.05) is 12.1 Å². The van der Waals surface area contributed by atoms with E-state index in [-0.39, 0.29) is 36.1 Å². The van der Waals surface area contributed by atoms with Crippen LogP contribution < -0.4 is 10.1 Å². The van der Waals surface area contributed by atoms with E-state index >= 15 is 0 Å².